The van der Waals surface area contributed by atoms with Crippen LogP contribution >= 0.6 is 0 Å². The monoisotopic (exact) mass is 311 g/mol. The zero-order chi connectivity index (χ0) is 16.7. The first-order chi connectivity index (χ1) is 11.1. The fourth-order valence-corrected chi connectivity index (χ4v) is 2.67. The van der Waals surface area contributed by atoms with Gasteiger partial charge in [0.1, 0.15) is 0 Å². The summed E-state index contributed by atoms with van der Waals surface area (Å²) in [6.07, 6.45) is 3.09. The third kappa shape index (κ3) is 5.18. The van der Waals surface area contributed by atoms with Gasteiger partial charge >= 0.3 is 0 Å². The second-order valence-electron chi connectivity index (χ2n) is 6.00. The highest BCUT2D eigenvalue weighted by molar-refractivity contribution is 5.75. The molecule has 4 heteroatoms. The zero-order valence-corrected chi connectivity index (χ0v) is 14.1. The van der Waals surface area contributed by atoms with Crippen LogP contribution in [0.25, 0.3) is 0 Å². The van der Waals surface area contributed by atoms with Gasteiger partial charge in [-0.15, -0.1) is 0 Å². The number of carbonyl (C=O) groups is 1. The number of hydrogen-bond donors (Lipinski definition) is 0. The Hall–Kier alpha value is -2.20. The van der Waals surface area contributed by atoms with Gasteiger partial charge in [-0.05, 0) is 38.2 Å². The lowest BCUT2D eigenvalue weighted by atomic mass is 10.0. The van der Waals surface area contributed by atoms with Crippen LogP contribution in [0.4, 0.5) is 0 Å². The molecule has 122 valence electrons. The molecule has 4 nitrogen and oxygen atoms in total. The van der Waals surface area contributed by atoms with E-state index in [1.165, 1.54) is 5.56 Å². The Morgan fingerprint density at radius 2 is 1.74 bits per heavy atom. The van der Waals surface area contributed by atoms with E-state index in [-0.39, 0.29) is 11.9 Å². The summed E-state index contributed by atoms with van der Waals surface area (Å²) < 4.78 is 0. The Balaban J connectivity index is 1.91. The van der Waals surface area contributed by atoms with Gasteiger partial charge in [0.05, 0.1) is 12.2 Å². The van der Waals surface area contributed by atoms with Crippen molar-refractivity contribution in [3.63, 3.8) is 0 Å². The van der Waals surface area contributed by atoms with Gasteiger partial charge in [-0.3, -0.25) is 9.78 Å². The van der Waals surface area contributed by atoms with Gasteiger partial charge in [0.25, 0.3) is 0 Å². The Morgan fingerprint density at radius 1 is 1.04 bits per heavy atom. The standard InChI is InChI=1S/C19H25N3O/c1-21(2)18(16-9-5-4-6-10-16)12-13-19(23)22(3)15-17-11-7-8-14-20-17/h4-11,14,18H,12-13,15H2,1-3H3. The summed E-state index contributed by atoms with van der Waals surface area (Å²) in [5, 5.41) is 0. The van der Waals surface area contributed by atoms with Crippen LogP contribution in [-0.2, 0) is 11.3 Å². The SMILES string of the molecule is CN(Cc1ccccn1)C(=O)CCC(c1ccccc1)N(C)C. The van der Waals surface area contributed by atoms with Crippen molar-refractivity contribution in [3.05, 3.63) is 66.0 Å². The molecule has 1 heterocycles. The number of rotatable bonds is 7. The van der Waals surface area contributed by atoms with Crippen molar-refractivity contribution >= 4 is 5.91 Å². The molecule has 2 rings (SSSR count). The summed E-state index contributed by atoms with van der Waals surface area (Å²) in [5.41, 5.74) is 2.16. The number of nitrogens with zero attached hydrogens (tertiary/aromatic N) is 3. The molecule has 2 aromatic rings. The molecule has 0 saturated carbocycles. The molecule has 1 aromatic carbocycles. The summed E-state index contributed by atoms with van der Waals surface area (Å²) in [7, 11) is 5.95. The van der Waals surface area contributed by atoms with Crippen LogP contribution in [0.15, 0.2) is 54.7 Å². The van der Waals surface area contributed by atoms with Gasteiger partial charge in [0.15, 0.2) is 0 Å². The molecule has 0 aliphatic heterocycles. The zero-order valence-electron chi connectivity index (χ0n) is 14.1. The average molecular weight is 311 g/mol. The van der Waals surface area contributed by atoms with E-state index in [1.807, 2.05) is 43.4 Å². The second kappa shape index (κ2) is 8.44. The molecule has 0 aliphatic rings. The fraction of sp³-hybridized carbons (Fsp3) is 0.368. The van der Waals surface area contributed by atoms with E-state index in [1.54, 1.807) is 11.1 Å². The third-order valence-electron chi connectivity index (χ3n) is 3.99. The van der Waals surface area contributed by atoms with Crippen molar-refractivity contribution in [2.75, 3.05) is 21.1 Å². The van der Waals surface area contributed by atoms with Crippen LogP contribution in [-0.4, -0.2) is 41.8 Å². The lowest BCUT2D eigenvalue weighted by molar-refractivity contribution is -0.130. The number of carbonyl (C=O) groups excluding carboxylic acids is 1. The van der Waals surface area contributed by atoms with Crippen molar-refractivity contribution in [2.24, 2.45) is 0 Å². The Labute approximate surface area is 138 Å². The number of benzene rings is 1. The van der Waals surface area contributed by atoms with Crippen molar-refractivity contribution in [3.8, 4) is 0 Å². The van der Waals surface area contributed by atoms with Gasteiger partial charge in [-0.2, -0.15) is 0 Å². The number of amides is 1. The maximum atomic E-state index is 12.4. The van der Waals surface area contributed by atoms with Crippen molar-refractivity contribution < 1.29 is 4.79 Å². The summed E-state index contributed by atoms with van der Waals surface area (Å²) >= 11 is 0. The van der Waals surface area contributed by atoms with E-state index in [4.69, 9.17) is 0 Å². The van der Waals surface area contributed by atoms with Gasteiger partial charge in [-0.25, -0.2) is 0 Å². The molecule has 0 N–H and O–H groups in total. The molecule has 1 atom stereocenters. The second-order valence-corrected chi connectivity index (χ2v) is 6.00. The molecule has 0 bridgehead atoms. The number of aromatic nitrogens is 1. The molecule has 0 fully saturated rings. The molecule has 0 radical (unpaired) electrons. The normalized spacial score (nSPS) is 12.2. The van der Waals surface area contributed by atoms with Crippen LogP contribution in [0.2, 0.25) is 0 Å². The molecule has 23 heavy (non-hydrogen) atoms. The molecule has 1 unspecified atom stereocenters. The van der Waals surface area contributed by atoms with Crippen LogP contribution in [0.1, 0.15) is 30.1 Å². The first kappa shape index (κ1) is 17.2. The van der Waals surface area contributed by atoms with E-state index in [2.05, 4.69) is 36.1 Å². The molecular weight excluding hydrogens is 286 g/mol. The largest absolute Gasteiger partial charge is 0.340 e. The molecule has 1 aromatic heterocycles. The van der Waals surface area contributed by atoms with Crippen molar-refractivity contribution in [1.82, 2.24) is 14.8 Å². The predicted octanol–water partition coefficient (Wildman–Crippen LogP) is 3.12. The third-order valence-corrected chi connectivity index (χ3v) is 3.99. The van der Waals surface area contributed by atoms with Gasteiger partial charge in [-0.1, -0.05) is 36.4 Å². The van der Waals surface area contributed by atoms with Gasteiger partial charge in [0.2, 0.25) is 5.91 Å². The molecule has 1 amide bonds. The summed E-state index contributed by atoms with van der Waals surface area (Å²) in [5.74, 6) is 0.151. The Morgan fingerprint density at radius 3 is 2.35 bits per heavy atom. The highest BCUT2D eigenvalue weighted by Gasteiger charge is 2.17. The van der Waals surface area contributed by atoms with E-state index in [9.17, 15) is 4.79 Å². The maximum Gasteiger partial charge on any atom is 0.222 e. The first-order valence-electron chi connectivity index (χ1n) is 7.93. The molecule has 0 aliphatic carbocycles. The number of pyridine rings is 1. The summed E-state index contributed by atoms with van der Waals surface area (Å²) in [6, 6.07) is 16.4. The summed E-state index contributed by atoms with van der Waals surface area (Å²) in [6.45, 7) is 0.553. The average Bonchev–Trinajstić information content (AvgIpc) is 2.56. The fourth-order valence-electron chi connectivity index (χ4n) is 2.67. The lowest BCUT2D eigenvalue weighted by Crippen LogP contribution is -2.28. The van der Waals surface area contributed by atoms with E-state index >= 15 is 0 Å². The molecule has 0 spiro atoms. The van der Waals surface area contributed by atoms with Crippen molar-refractivity contribution in [1.29, 1.82) is 0 Å². The Bertz CT molecular complexity index is 599. The van der Waals surface area contributed by atoms with Crippen LogP contribution < -0.4 is 0 Å². The van der Waals surface area contributed by atoms with Crippen molar-refractivity contribution in [2.45, 2.75) is 25.4 Å². The molecule has 0 saturated heterocycles. The number of hydrogen-bond acceptors (Lipinski definition) is 3. The highest BCUT2D eigenvalue weighted by Crippen LogP contribution is 2.23. The minimum Gasteiger partial charge on any atom is -0.340 e. The van der Waals surface area contributed by atoms with E-state index < -0.39 is 0 Å². The molecular formula is C19H25N3O. The quantitative estimate of drug-likeness (QED) is 0.788. The van der Waals surface area contributed by atoms with E-state index in [0.717, 1.165) is 12.1 Å². The Kier molecular flexibility index (Phi) is 6.29. The van der Waals surface area contributed by atoms with Gasteiger partial charge in [0, 0.05) is 25.7 Å². The minimum absolute atomic E-state index is 0.151. The topological polar surface area (TPSA) is 36.4 Å². The highest BCUT2D eigenvalue weighted by atomic mass is 16.2. The maximum absolute atomic E-state index is 12.4. The lowest BCUT2D eigenvalue weighted by Gasteiger charge is -2.25. The summed E-state index contributed by atoms with van der Waals surface area (Å²) in [4.78, 5) is 20.6. The predicted molar refractivity (Wildman–Crippen MR) is 92.8 cm³/mol. The van der Waals surface area contributed by atoms with E-state index in [0.29, 0.717) is 13.0 Å². The minimum atomic E-state index is 0.151. The van der Waals surface area contributed by atoms with Crippen LogP contribution in [0.5, 0.6) is 0 Å². The first-order valence-corrected chi connectivity index (χ1v) is 7.93. The van der Waals surface area contributed by atoms with Gasteiger partial charge < -0.3 is 9.80 Å². The van der Waals surface area contributed by atoms with Crippen LogP contribution in [0, 0.1) is 0 Å². The van der Waals surface area contributed by atoms with Crippen LogP contribution in [0.3, 0.4) is 0 Å². The smallest absolute Gasteiger partial charge is 0.222 e.